The summed E-state index contributed by atoms with van der Waals surface area (Å²) in [5, 5.41) is 4.05. The first kappa shape index (κ1) is 18.4. The van der Waals surface area contributed by atoms with Crippen LogP contribution in [0.3, 0.4) is 0 Å². The van der Waals surface area contributed by atoms with Gasteiger partial charge in [-0.2, -0.15) is 0 Å². The first-order valence-corrected chi connectivity index (χ1v) is 8.86. The fourth-order valence-electron chi connectivity index (χ4n) is 2.83. The lowest BCUT2D eigenvalue weighted by atomic mass is 10.0. The number of aromatic nitrogens is 2. The maximum Gasteiger partial charge on any atom is 0.261 e. The number of hydrogen-bond acceptors (Lipinski definition) is 3. The molecule has 2 aromatic carbocycles. The molecule has 0 aliphatic carbocycles. The molecule has 1 aromatic heterocycles. The summed E-state index contributed by atoms with van der Waals surface area (Å²) < 4.78 is 1.37. The lowest BCUT2D eigenvalue weighted by Crippen LogP contribution is -2.36. The van der Waals surface area contributed by atoms with Gasteiger partial charge in [0.1, 0.15) is 6.04 Å². The van der Waals surface area contributed by atoms with Crippen molar-refractivity contribution >= 4 is 45.7 Å². The fourth-order valence-corrected chi connectivity index (χ4v) is 3.28. The van der Waals surface area contributed by atoms with Gasteiger partial charge in [0.15, 0.2) is 0 Å². The van der Waals surface area contributed by atoms with Crippen LogP contribution in [-0.4, -0.2) is 15.5 Å². The van der Waals surface area contributed by atoms with Crippen LogP contribution in [0.1, 0.15) is 19.9 Å². The number of benzene rings is 2. The summed E-state index contributed by atoms with van der Waals surface area (Å²) in [5.41, 5.74) is 0.776. The Balaban J connectivity index is 2.00. The number of halogens is 2. The van der Waals surface area contributed by atoms with Crippen LogP contribution in [0, 0.1) is 5.92 Å². The maximum absolute atomic E-state index is 12.9. The summed E-state index contributed by atoms with van der Waals surface area (Å²) in [6, 6.07) is 11.1. The van der Waals surface area contributed by atoms with E-state index in [1.54, 1.807) is 36.4 Å². The Labute approximate surface area is 160 Å². The SMILES string of the molecule is CC(C)C(C(=O)Nc1ccc(Cl)cc1Cl)n1cnc2ccccc2c1=O. The molecule has 1 amide bonds. The first-order chi connectivity index (χ1) is 12.4. The van der Waals surface area contributed by atoms with Gasteiger partial charge in [-0.1, -0.05) is 49.2 Å². The monoisotopic (exact) mass is 389 g/mol. The smallest absolute Gasteiger partial charge is 0.261 e. The third-order valence-corrected chi connectivity index (χ3v) is 4.63. The predicted molar refractivity (Wildman–Crippen MR) is 105 cm³/mol. The van der Waals surface area contributed by atoms with Gasteiger partial charge in [-0.15, -0.1) is 0 Å². The minimum absolute atomic E-state index is 0.137. The molecular formula is C19H17Cl2N3O2. The number of hydrogen-bond donors (Lipinski definition) is 1. The molecule has 7 heteroatoms. The van der Waals surface area contributed by atoms with Crippen molar-refractivity contribution in [2.75, 3.05) is 5.32 Å². The van der Waals surface area contributed by atoms with Gasteiger partial charge in [-0.25, -0.2) is 4.98 Å². The zero-order valence-corrected chi connectivity index (χ0v) is 15.8. The maximum atomic E-state index is 12.9. The van der Waals surface area contributed by atoms with Crippen LogP contribution in [0.2, 0.25) is 10.0 Å². The van der Waals surface area contributed by atoms with Crippen molar-refractivity contribution in [2.24, 2.45) is 5.92 Å². The van der Waals surface area contributed by atoms with Crippen LogP contribution in [0.4, 0.5) is 5.69 Å². The minimum Gasteiger partial charge on any atom is -0.323 e. The van der Waals surface area contributed by atoms with Crippen molar-refractivity contribution in [1.29, 1.82) is 0 Å². The van der Waals surface area contributed by atoms with E-state index in [0.29, 0.717) is 26.6 Å². The molecule has 26 heavy (non-hydrogen) atoms. The third kappa shape index (κ3) is 3.59. The van der Waals surface area contributed by atoms with E-state index >= 15 is 0 Å². The number of nitrogens with one attached hydrogen (secondary N) is 1. The Kier molecular flexibility index (Phi) is 5.30. The highest BCUT2D eigenvalue weighted by molar-refractivity contribution is 6.36. The van der Waals surface area contributed by atoms with Crippen LogP contribution in [0.15, 0.2) is 53.6 Å². The van der Waals surface area contributed by atoms with Crippen LogP contribution >= 0.6 is 23.2 Å². The van der Waals surface area contributed by atoms with Gasteiger partial charge < -0.3 is 5.32 Å². The zero-order chi connectivity index (χ0) is 18.8. The molecule has 0 aliphatic heterocycles. The van der Waals surface area contributed by atoms with Gasteiger partial charge in [0, 0.05) is 5.02 Å². The second-order valence-corrected chi connectivity index (χ2v) is 7.12. The molecule has 0 saturated carbocycles. The Morgan fingerprint density at radius 2 is 1.88 bits per heavy atom. The Morgan fingerprint density at radius 1 is 1.15 bits per heavy atom. The zero-order valence-electron chi connectivity index (χ0n) is 14.2. The Bertz CT molecular complexity index is 1030. The van der Waals surface area contributed by atoms with Crippen LogP contribution < -0.4 is 10.9 Å². The van der Waals surface area contributed by atoms with E-state index in [4.69, 9.17) is 23.2 Å². The predicted octanol–water partition coefficient (Wildman–Crippen LogP) is 4.54. The highest BCUT2D eigenvalue weighted by atomic mass is 35.5. The molecule has 0 spiro atoms. The van der Waals surface area contributed by atoms with Crippen LogP contribution in [0.25, 0.3) is 10.9 Å². The van der Waals surface area contributed by atoms with E-state index in [9.17, 15) is 9.59 Å². The van der Waals surface area contributed by atoms with E-state index in [1.165, 1.54) is 10.9 Å². The Morgan fingerprint density at radius 3 is 2.58 bits per heavy atom. The molecule has 0 saturated heterocycles. The number of amides is 1. The second-order valence-electron chi connectivity index (χ2n) is 6.28. The fraction of sp³-hybridized carbons (Fsp3) is 0.211. The highest BCUT2D eigenvalue weighted by Crippen LogP contribution is 2.27. The Hall–Kier alpha value is -2.37. The molecule has 3 rings (SSSR count). The number of para-hydroxylation sites is 1. The molecular weight excluding hydrogens is 373 g/mol. The molecule has 3 aromatic rings. The molecule has 134 valence electrons. The summed E-state index contributed by atoms with van der Waals surface area (Å²) >= 11 is 12.0. The van der Waals surface area contributed by atoms with Crippen molar-refractivity contribution in [3.05, 3.63) is 69.2 Å². The average molecular weight is 390 g/mol. The van der Waals surface area contributed by atoms with Gasteiger partial charge in [0.25, 0.3) is 5.56 Å². The van der Waals surface area contributed by atoms with E-state index in [2.05, 4.69) is 10.3 Å². The number of anilines is 1. The molecule has 0 aliphatic rings. The second kappa shape index (κ2) is 7.48. The molecule has 5 nitrogen and oxygen atoms in total. The number of fused-ring (bicyclic) bond motifs is 1. The minimum atomic E-state index is -0.730. The van der Waals surface area contributed by atoms with Crippen molar-refractivity contribution in [3.8, 4) is 0 Å². The van der Waals surface area contributed by atoms with Crippen molar-refractivity contribution in [2.45, 2.75) is 19.9 Å². The van der Waals surface area contributed by atoms with Crippen LogP contribution in [-0.2, 0) is 4.79 Å². The van der Waals surface area contributed by atoms with E-state index in [-0.39, 0.29) is 17.4 Å². The summed E-state index contributed by atoms with van der Waals surface area (Å²) in [6.07, 6.45) is 1.42. The van der Waals surface area contributed by atoms with E-state index in [1.807, 2.05) is 19.9 Å². The molecule has 1 atom stereocenters. The number of rotatable bonds is 4. The van der Waals surface area contributed by atoms with Crippen molar-refractivity contribution in [1.82, 2.24) is 9.55 Å². The van der Waals surface area contributed by atoms with Crippen LogP contribution in [0.5, 0.6) is 0 Å². The summed E-state index contributed by atoms with van der Waals surface area (Å²) in [7, 11) is 0. The highest BCUT2D eigenvalue weighted by Gasteiger charge is 2.26. The molecule has 0 radical (unpaired) electrons. The number of nitrogens with zero attached hydrogens (tertiary/aromatic N) is 2. The summed E-state index contributed by atoms with van der Waals surface area (Å²) in [5.74, 6) is -0.481. The lowest BCUT2D eigenvalue weighted by Gasteiger charge is -2.23. The largest absolute Gasteiger partial charge is 0.323 e. The quantitative estimate of drug-likeness (QED) is 0.712. The van der Waals surface area contributed by atoms with Gasteiger partial charge in [-0.05, 0) is 36.2 Å². The number of carbonyl (C=O) groups excluding carboxylic acids is 1. The van der Waals surface area contributed by atoms with Crippen molar-refractivity contribution < 1.29 is 4.79 Å². The van der Waals surface area contributed by atoms with Crippen molar-refractivity contribution in [3.63, 3.8) is 0 Å². The average Bonchev–Trinajstić information content (AvgIpc) is 2.59. The van der Waals surface area contributed by atoms with Gasteiger partial charge in [0.05, 0.1) is 27.9 Å². The normalized spacial score (nSPS) is 12.3. The lowest BCUT2D eigenvalue weighted by molar-refractivity contribution is -0.120. The first-order valence-electron chi connectivity index (χ1n) is 8.10. The van der Waals surface area contributed by atoms with E-state index in [0.717, 1.165) is 0 Å². The standard InChI is InChI=1S/C19H17Cl2N3O2/c1-11(2)17(18(25)23-16-8-7-12(20)9-14(16)21)24-10-22-15-6-4-3-5-13(15)19(24)26/h3-11,17H,1-2H3,(H,23,25). The summed E-state index contributed by atoms with van der Waals surface area (Å²) in [4.78, 5) is 30.0. The van der Waals surface area contributed by atoms with Gasteiger partial charge in [-0.3, -0.25) is 14.2 Å². The molecule has 0 bridgehead atoms. The van der Waals surface area contributed by atoms with Gasteiger partial charge in [0.2, 0.25) is 5.91 Å². The van der Waals surface area contributed by atoms with Gasteiger partial charge >= 0.3 is 0 Å². The molecule has 1 heterocycles. The molecule has 1 unspecified atom stereocenters. The topological polar surface area (TPSA) is 64.0 Å². The third-order valence-electron chi connectivity index (χ3n) is 4.08. The number of carbonyl (C=O) groups is 1. The van der Waals surface area contributed by atoms with E-state index < -0.39 is 6.04 Å². The molecule has 1 N–H and O–H groups in total. The summed E-state index contributed by atoms with van der Waals surface area (Å²) in [6.45, 7) is 3.74. The molecule has 0 fully saturated rings.